The van der Waals surface area contributed by atoms with Crippen molar-refractivity contribution in [3.05, 3.63) is 69.8 Å². The van der Waals surface area contributed by atoms with Crippen molar-refractivity contribution in [1.29, 1.82) is 0 Å². The van der Waals surface area contributed by atoms with E-state index in [0.29, 0.717) is 23.7 Å². The second kappa shape index (κ2) is 9.09. The van der Waals surface area contributed by atoms with Crippen LogP contribution in [0.5, 0.6) is 5.88 Å². The first kappa shape index (κ1) is 20.7. The molecule has 0 unspecified atom stereocenters. The van der Waals surface area contributed by atoms with E-state index in [2.05, 4.69) is 15.2 Å². The van der Waals surface area contributed by atoms with E-state index in [1.165, 1.54) is 25.0 Å². The Bertz CT molecular complexity index is 1130. The van der Waals surface area contributed by atoms with Crippen LogP contribution < -0.4 is 10.1 Å². The molecule has 1 saturated heterocycles. The standard InChI is InChI=1S/C23H24N4O4/c1-16-4-7-19(27(29)30)15-21(16)25-23(28)18-5-8-20-17(14-18)6-9-22(24-20)31-13-12-26-10-2-3-11-26/h4-9,14-15H,2-3,10-13H2,1H3,(H,25,28). The van der Waals surface area contributed by atoms with Crippen molar-refractivity contribution in [2.45, 2.75) is 19.8 Å². The Hall–Kier alpha value is -3.52. The maximum atomic E-state index is 12.7. The van der Waals surface area contributed by atoms with Gasteiger partial charge >= 0.3 is 0 Å². The van der Waals surface area contributed by atoms with Crippen LogP contribution in [0.3, 0.4) is 0 Å². The normalized spacial score (nSPS) is 14.0. The molecule has 4 rings (SSSR count). The van der Waals surface area contributed by atoms with E-state index in [1.54, 1.807) is 37.3 Å². The summed E-state index contributed by atoms with van der Waals surface area (Å²) in [6.07, 6.45) is 2.51. The van der Waals surface area contributed by atoms with Crippen molar-refractivity contribution < 1.29 is 14.5 Å². The molecule has 1 aromatic heterocycles. The number of benzene rings is 2. The third kappa shape index (κ3) is 4.97. The number of amides is 1. The highest BCUT2D eigenvalue weighted by atomic mass is 16.6. The van der Waals surface area contributed by atoms with Crippen LogP contribution in [0.25, 0.3) is 10.9 Å². The molecule has 31 heavy (non-hydrogen) atoms. The van der Waals surface area contributed by atoms with Gasteiger partial charge in [0.05, 0.1) is 16.1 Å². The van der Waals surface area contributed by atoms with Crippen molar-refractivity contribution >= 4 is 28.2 Å². The molecule has 8 nitrogen and oxygen atoms in total. The molecule has 1 aliphatic rings. The first-order chi connectivity index (χ1) is 15.0. The van der Waals surface area contributed by atoms with Crippen molar-refractivity contribution in [2.75, 3.05) is 31.6 Å². The predicted molar refractivity (Wildman–Crippen MR) is 119 cm³/mol. The predicted octanol–water partition coefficient (Wildman–Crippen LogP) is 4.18. The monoisotopic (exact) mass is 420 g/mol. The van der Waals surface area contributed by atoms with E-state index < -0.39 is 4.92 Å². The van der Waals surface area contributed by atoms with Crippen molar-refractivity contribution in [2.24, 2.45) is 0 Å². The molecule has 160 valence electrons. The van der Waals surface area contributed by atoms with Crippen LogP contribution in [-0.2, 0) is 0 Å². The molecule has 0 bridgehead atoms. The molecule has 1 N–H and O–H groups in total. The smallest absolute Gasteiger partial charge is 0.271 e. The van der Waals surface area contributed by atoms with Crippen LogP contribution in [0, 0.1) is 17.0 Å². The Morgan fingerprint density at radius 1 is 1.16 bits per heavy atom. The summed E-state index contributed by atoms with van der Waals surface area (Å²) >= 11 is 0. The number of carbonyl (C=O) groups excluding carboxylic acids is 1. The third-order valence-electron chi connectivity index (χ3n) is 5.46. The van der Waals surface area contributed by atoms with E-state index >= 15 is 0 Å². The average molecular weight is 420 g/mol. The Balaban J connectivity index is 1.44. The van der Waals surface area contributed by atoms with Gasteiger partial charge in [0.25, 0.3) is 11.6 Å². The molecule has 3 aromatic rings. The lowest BCUT2D eigenvalue weighted by molar-refractivity contribution is -0.384. The second-order valence-corrected chi connectivity index (χ2v) is 7.66. The zero-order valence-electron chi connectivity index (χ0n) is 17.3. The first-order valence-electron chi connectivity index (χ1n) is 10.3. The first-order valence-corrected chi connectivity index (χ1v) is 10.3. The van der Waals surface area contributed by atoms with Crippen molar-refractivity contribution in [1.82, 2.24) is 9.88 Å². The molecule has 2 heterocycles. The lowest BCUT2D eigenvalue weighted by Gasteiger charge is -2.14. The van der Waals surface area contributed by atoms with Crippen LogP contribution in [0.1, 0.15) is 28.8 Å². The van der Waals surface area contributed by atoms with Crippen LogP contribution in [0.4, 0.5) is 11.4 Å². The minimum atomic E-state index is -0.485. The fraction of sp³-hybridized carbons (Fsp3) is 0.304. The minimum absolute atomic E-state index is 0.0686. The number of fused-ring (bicyclic) bond motifs is 1. The highest BCUT2D eigenvalue weighted by molar-refractivity contribution is 6.06. The largest absolute Gasteiger partial charge is 0.476 e. The summed E-state index contributed by atoms with van der Waals surface area (Å²) in [5, 5.41) is 14.6. The highest BCUT2D eigenvalue weighted by Gasteiger charge is 2.14. The number of aryl methyl sites for hydroxylation is 1. The number of likely N-dealkylation sites (tertiary alicyclic amines) is 1. The summed E-state index contributed by atoms with van der Waals surface area (Å²) in [4.78, 5) is 30.1. The van der Waals surface area contributed by atoms with Gasteiger partial charge in [-0.2, -0.15) is 0 Å². The Morgan fingerprint density at radius 3 is 2.74 bits per heavy atom. The van der Waals surface area contributed by atoms with Gasteiger partial charge in [-0.25, -0.2) is 4.98 Å². The summed E-state index contributed by atoms with van der Waals surface area (Å²) in [7, 11) is 0. The fourth-order valence-corrected chi connectivity index (χ4v) is 3.67. The number of rotatable bonds is 7. The molecule has 0 atom stereocenters. The lowest BCUT2D eigenvalue weighted by Crippen LogP contribution is -2.25. The summed E-state index contributed by atoms with van der Waals surface area (Å²) in [6, 6.07) is 13.3. The van der Waals surface area contributed by atoms with Gasteiger partial charge in [-0.3, -0.25) is 19.8 Å². The number of nitrogens with one attached hydrogen (secondary N) is 1. The molecule has 0 saturated carbocycles. The lowest BCUT2D eigenvalue weighted by atomic mass is 10.1. The zero-order chi connectivity index (χ0) is 21.8. The van der Waals surface area contributed by atoms with Crippen molar-refractivity contribution in [3.8, 4) is 5.88 Å². The van der Waals surface area contributed by atoms with Crippen molar-refractivity contribution in [3.63, 3.8) is 0 Å². The Kier molecular flexibility index (Phi) is 6.08. The van der Waals surface area contributed by atoms with Crippen LogP contribution in [0.15, 0.2) is 48.5 Å². The van der Waals surface area contributed by atoms with E-state index in [4.69, 9.17) is 4.74 Å². The number of nitro benzene ring substituents is 1. The summed E-state index contributed by atoms with van der Waals surface area (Å²) < 4.78 is 5.79. The molecular weight excluding hydrogens is 396 g/mol. The number of hydrogen-bond acceptors (Lipinski definition) is 6. The quantitative estimate of drug-likeness (QED) is 0.455. The fourth-order valence-electron chi connectivity index (χ4n) is 3.67. The number of anilines is 1. The Morgan fingerprint density at radius 2 is 1.97 bits per heavy atom. The summed E-state index contributed by atoms with van der Waals surface area (Å²) in [5.74, 6) is 0.229. The van der Waals surface area contributed by atoms with Gasteiger partial charge in [0.2, 0.25) is 5.88 Å². The van der Waals surface area contributed by atoms with E-state index in [9.17, 15) is 14.9 Å². The summed E-state index contributed by atoms with van der Waals surface area (Å²) in [5.41, 5.74) is 2.28. The van der Waals surface area contributed by atoms with E-state index in [0.717, 1.165) is 36.1 Å². The van der Waals surface area contributed by atoms with Gasteiger partial charge in [-0.05, 0) is 62.7 Å². The molecule has 1 amide bonds. The number of non-ortho nitro benzene ring substituents is 1. The van der Waals surface area contributed by atoms with Crippen LogP contribution >= 0.6 is 0 Å². The number of carbonyl (C=O) groups is 1. The van der Waals surface area contributed by atoms with Crippen LogP contribution in [0.2, 0.25) is 0 Å². The molecule has 0 aliphatic carbocycles. The molecule has 1 fully saturated rings. The number of hydrogen-bond donors (Lipinski definition) is 1. The highest BCUT2D eigenvalue weighted by Crippen LogP contribution is 2.24. The molecular formula is C23H24N4O4. The topological polar surface area (TPSA) is 97.6 Å². The molecule has 8 heteroatoms. The average Bonchev–Trinajstić information content (AvgIpc) is 3.28. The molecule has 1 aliphatic heterocycles. The maximum absolute atomic E-state index is 12.7. The number of pyridine rings is 1. The minimum Gasteiger partial charge on any atom is -0.476 e. The van der Waals surface area contributed by atoms with E-state index in [1.807, 2.05) is 6.07 Å². The van der Waals surface area contributed by atoms with Gasteiger partial charge < -0.3 is 10.1 Å². The number of ether oxygens (including phenoxy) is 1. The third-order valence-corrected chi connectivity index (χ3v) is 5.46. The van der Waals surface area contributed by atoms with Gasteiger partial charge in [-0.1, -0.05) is 6.07 Å². The van der Waals surface area contributed by atoms with Gasteiger partial charge in [0, 0.05) is 35.7 Å². The number of nitrogens with zero attached hydrogens (tertiary/aromatic N) is 3. The second-order valence-electron chi connectivity index (χ2n) is 7.66. The zero-order valence-corrected chi connectivity index (χ0v) is 17.3. The molecule has 2 aromatic carbocycles. The maximum Gasteiger partial charge on any atom is 0.271 e. The van der Waals surface area contributed by atoms with Gasteiger partial charge in [-0.15, -0.1) is 0 Å². The molecule has 0 spiro atoms. The Labute approximate surface area is 180 Å². The number of nitro groups is 1. The number of aromatic nitrogens is 1. The van der Waals surface area contributed by atoms with Gasteiger partial charge in [0.15, 0.2) is 0 Å². The molecule has 0 radical (unpaired) electrons. The summed E-state index contributed by atoms with van der Waals surface area (Å²) in [6.45, 7) is 5.55. The van der Waals surface area contributed by atoms with Crippen LogP contribution in [-0.4, -0.2) is 47.0 Å². The SMILES string of the molecule is Cc1ccc([N+](=O)[O-])cc1NC(=O)c1ccc2nc(OCCN3CCCC3)ccc2c1. The van der Waals surface area contributed by atoms with Gasteiger partial charge in [0.1, 0.15) is 6.61 Å². The van der Waals surface area contributed by atoms with E-state index in [-0.39, 0.29) is 11.6 Å².